The van der Waals surface area contributed by atoms with Gasteiger partial charge >= 0.3 is 0 Å². The molecular weight excluding hydrogens is 339 g/mol. The zero-order valence-electron chi connectivity index (χ0n) is 9.71. The molecule has 1 aliphatic carbocycles. The van der Waals surface area contributed by atoms with Crippen LogP contribution in [-0.4, -0.2) is 18.0 Å². The van der Waals surface area contributed by atoms with Gasteiger partial charge in [-0.2, -0.15) is 0 Å². The van der Waals surface area contributed by atoms with E-state index in [1.165, 1.54) is 0 Å². The van der Waals surface area contributed by atoms with Crippen molar-refractivity contribution < 1.29 is 4.79 Å². The lowest BCUT2D eigenvalue weighted by atomic mass is 9.78. The van der Waals surface area contributed by atoms with E-state index in [2.05, 4.69) is 21.2 Å². The van der Waals surface area contributed by atoms with Gasteiger partial charge in [0.2, 0.25) is 0 Å². The Morgan fingerprint density at radius 3 is 2.67 bits per heavy atom. The molecule has 0 spiro atoms. The Bertz CT molecular complexity index is 450. The van der Waals surface area contributed by atoms with Gasteiger partial charge < -0.3 is 11.1 Å². The molecule has 2 rings (SSSR count). The van der Waals surface area contributed by atoms with Crippen molar-refractivity contribution >= 4 is 45.8 Å². The van der Waals surface area contributed by atoms with Crippen LogP contribution in [0.3, 0.4) is 0 Å². The zero-order chi connectivity index (χ0) is 12.5. The number of carbonyl (C=O) groups is 1. The van der Waals surface area contributed by atoms with E-state index in [9.17, 15) is 4.79 Å². The third-order valence-corrected chi connectivity index (χ3v) is 4.02. The van der Waals surface area contributed by atoms with Crippen molar-refractivity contribution in [1.82, 2.24) is 5.32 Å². The third kappa shape index (κ3) is 3.60. The molecule has 0 unspecified atom stereocenters. The fourth-order valence-electron chi connectivity index (χ4n) is 1.83. The summed E-state index contributed by atoms with van der Waals surface area (Å²) < 4.78 is 0.696. The molecule has 0 radical (unpaired) electrons. The number of nitrogens with two attached hydrogens (primary N) is 1. The van der Waals surface area contributed by atoms with E-state index >= 15 is 0 Å². The highest BCUT2D eigenvalue weighted by atomic mass is 79.9. The Morgan fingerprint density at radius 2 is 2.17 bits per heavy atom. The van der Waals surface area contributed by atoms with E-state index in [-0.39, 0.29) is 23.9 Å². The number of carbonyl (C=O) groups excluding carboxylic acids is 1. The first-order valence-corrected chi connectivity index (χ1v) is 6.69. The lowest BCUT2D eigenvalue weighted by Crippen LogP contribution is -2.54. The predicted octanol–water partition coefficient (Wildman–Crippen LogP) is 3.14. The van der Waals surface area contributed by atoms with Crippen LogP contribution in [-0.2, 0) is 0 Å². The van der Waals surface area contributed by atoms with E-state index in [4.69, 9.17) is 17.3 Å². The highest BCUT2D eigenvalue weighted by Crippen LogP contribution is 2.28. The van der Waals surface area contributed by atoms with Crippen LogP contribution in [0, 0.1) is 0 Å². The minimum atomic E-state index is -0.200. The molecule has 1 fully saturated rings. The Kier molecular flexibility index (Phi) is 5.46. The quantitative estimate of drug-likeness (QED) is 0.877. The van der Waals surface area contributed by atoms with E-state index in [0.717, 1.165) is 19.3 Å². The zero-order valence-corrected chi connectivity index (χ0v) is 12.9. The second-order valence-electron chi connectivity index (χ2n) is 4.52. The van der Waals surface area contributed by atoms with Gasteiger partial charge in [0.05, 0.1) is 5.56 Å². The van der Waals surface area contributed by atoms with Crippen molar-refractivity contribution in [1.29, 1.82) is 0 Å². The second kappa shape index (κ2) is 6.24. The average Bonchev–Trinajstić information content (AvgIpc) is 2.23. The number of halogens is 3. The largest absolute Gasteiger partial charge is 0.350 e. The minimum absolute atomic E-state index is 0. The first-order valence-electron chi connectivity index (χ1n) is 5.52. The molecule has 0 aromatic heterocycles. The molecule has 3 N–H and O–H groups in total. The first kappa shape index (κ1) is 15.8. The van der Waals surface area contributed by atoms with E-state index in [0.29, 0.717) is 21.6 Å². The van der Waals surface area contributed by atoms with Crippen LogP contribution in [0.2, 0.25) is 5.02 Å². The summed E-state index contributed by atoms with van der Waals surface area (Å²) in [6.07, 6.45) is 3.11. The number of amides is 1. The van der Waals surface area contributed by atoms with Crippen molar-refractivity contribution in [3.05, 3.63) is 33.3 Å². The molecule has 1 aliphatic rings. The van der Waals surface area contributed by atoms with Crippen molar-refractivity contribution in [3.63, 3.8) is 0 Å². The molecule has 0 atom stereocenters. The minimum Gasteiger partial charge on any atom is -0.350 e. The van der Waals surface area contributed by atoms with Crippen LogP contribution in [0.5, 0.6) is 0 Å². The van der Waals surface area contributed by atoms with E-state index in [1.54, 1.807) is 18.2 Å². The predicted molar refractivity (Wildman–Crippen MR) is 79.5 cm³/mol. The van der Waals surface area contributed by atoms with Gasteiger partial charge in [0.25, 0.3) is 5.91 Å². The van der Waals surface area contributed by atoms with Gasteiger partial charge in [0, 0.05) is 21.6 Å². The van der Waals surface area contributed by atoms with Gasteiger partial charge in [0.15, 0.2) is 0 Å². The molecule has 1 aromatic carbocycles. The van der Waals surface area contributed by atoms with E-state index < -0.39 is 0 Å². The molecule has 0 aliphatic heterocycles. The molecule has 0 saturated heterocycles. The number of rotatable bonds is 3. The topological polar surface area (TPSA) is 55.1 Å². The van der Waals surface area contributed by atoms with Crippen LogP contribution >= 0.6 is 39.9 Å². The van der Waals surface area contributed by atoms with E-state index in [1.807, 2.05) is 0 Å². The van der Waals surface area contributed by atoms with Crippen molar-refractivity contribution in [2.45, 2.75) is 24.8 Å². The fourth-order valence-corrected chi connectivity index (χ4v) is 2.70. The maximum atomic E-state index is 11.9. The highest BCUT2D eigenvalue weighted by molar-refractivity contribution is 9.10. The van der Waals surface area contributed by atoms with Crippen LogP contribution in [0.1, 0.15) is 29.6 Å². The number of nitrogens with one attached hydrogen (secondary N) is 1. The summed E-state index contributed by atoms with van der Waals surface area (Å²) in [5.41, 5.74) is 6.42. The molecule has 3 nitrogen and oxygen atoms in total. The van der Waals surface area contributed by atoms with Gasteiger partial charge in [-0.15, -0.1) is 12.4 Å². The summed E-state index contributed by atoms with van der Waals surface area (Å²) >= 11 is 9.14. The van der Waals surface area contributed by atoms with Crippen molar-refractivity contribution in [3.8, 4) is 0 Å². The summed E-state index contributed by atoms with van der Waals surface area (Å²) in [7, 11) is 0. The summed E-state index contributed by atoms with van der Waals surface area (Å²) in [4.78, 5) is 11.9. The molecule has 1 saturated carbocycles. The molecular formula is C12H15BrCl2N2O. The molecule has 0 bridgehead atoms. The van der Waals surface area contributed by atoms with Gasteiger partial charge in [-0.1, -0.05) is 11.6 Å². The van der Waals surface area contributed by atoms with Gasteiger partial charge in [-0.25, -0.2) is 0 Å². The molecule has 1 aromatic rings. The standard InChI is InChI=1S/C12H14BrClN2O.ClH/c13-10-6-8(14)2-3-9(10)11(17)16-7-12(15)4-1-5-12;/h2-3,6H,1,4-5,7,15H2,(H,16,17);1H. The molecule has 6 heteroatoms. The Hall–Kier alpha value is -0.290. The Morgan fingerprint density at radius 1 is 1.50 bits per heavy atom. The number of hydrogen-bond acceptors (Lipinski definition) is 2. The third-order valence-electron chi connectivity index (χ3n) is 3.13. The molecule has 1 amide bonds. The summed E-state index contributed by atoms with van der Waals surface area (Å²) in [5.74, 6) is -0.120. The molecule has 100 valence electrons. The van der Waals surface area contributed by atoms with Gasteiger partial charge in [-0.3, -0.25) is 4.79 Å². The number of benzene rings is 1. The van der Waals surface area contributed by atoms with Crippen molar-refractivity contribution in [2.75, 3.05) is 6.54 Å². The van der Waals surface area contributed by atoms with Crippen LogP contribution < -0.4 is 11.1 Å². The van der Waals surface area contributed by atoms with Crippen LogP contribution in [0.25, 0.3) is 0 Å². The maximum absolute atomic E-state index is 11.9. The monoisotopic (exact) mass is 352 g/mol. The van der Waals surface area contributed by atoms with Crippen molar-refractivity contribution in [2.24, 2.45) is 5.73 Å². The van der Waals surface area contributed by atoms with Crippen LogP contribution in [0.4, 0.5) is 0 Å². The highest BCUT2D eigenvalue weighted by Gasteiger charge is 2.32. The molecule has 0 heterocycles. The Balaban J connectivity index is 0.00000162. The summed E-state index contributed by atoms with van der Waals surface area (Å²) in [5, 5.41) is 3.46. The second-order valence-corrected chi connectivity index (χ2v) is 5.81. The maximum Gasteiger partial charge on any atom is 0.252 e. The Labute approximate surface area is 126 Å². The first-order chi connectivity index (χ1) is 8.00. The smallest absolute Gasteiger partial charge is 0.252 e. The SMILES string of the molecule is Cl.NC1(CNC(=O)c2ccc(Cl)cc2Br)CCC1. The van der Waals surface area contributed by atoms with Gasteiger partial charge in [0.1, 0.15) is 0 Å². The molecule has 18 heavy (non-hydrogen) atoms. The fraction of sp³-hybridized carbons (Fsp3) is 0.417. The van der Waals surface area contributed by atoms with Crippen LogP contribution in [0.15, 0.2) is 22.7 Å². The summed E-state index contributed by atoms with van der Waals surface area (Å²) in [6.45, 7) is 0.529. The number of hydrogen-bond donors (Lipinski definition) is 2. The lowest BCUT2D eigenvalue weighted by Gasteiger charge is -2.38. The summed E-state index contributed by atoms with van der Waals surface area (Å²) in [6, 6.07) is 5.10. The average molecular weight is 354 g/mol. The van der Waals surface area contributed by atoms with Gasteiger partial charge in [-0.05, 0) is 53.4 Å². The normalized spacial score (nSPS) is 16.4. The lowest BCUT2D eigenvalue weighted by molar-refractivity contribution is 0.0929.